The second-order valence-corrected chi connectivity index (χ2v) is 6.15. The molecule has 123 valence electrons. The van der Waals surface area contributed by atoms with E-state index >= 15 is 0 Å². The van der Waals surface area contributed by atoms with Crippen LogP contribution in [0.2, 0.25) is 0 Å². The lowest BCUT2D eigenvalue weighted by molar-refractivity contribution is 0.414. The molecule has 0 aliphatic heterocycles. The van der Waals surface area contributed by atoms with E-state index < -0.39 is 0 Å². The third kappa shape index (κ3) is 3.31. The molecule has 2 nitrogen and oxygen atoms in total. The summed E-state index contributed by atoms with van der Waals surface area (Å²) in [5.74, 6) is 1.58. The lowest BCUT2D eigenvalue weighted by atomic mass is 9.90. The molecule has 0 heterocycles. The first-order valence-electron chi connectivity index (χ1n) is 7.56. The summed E-state index contributed by atoms with van der Waals surface area (Å²) in [4.78, 5) is 0. The Morgan fingerprint density at radius 3 is 2.38 bits per heavy atom. The third-order valence-corrected chi connectivity index (χ3v) is 4.81. The summed E-state index contributed by atoms with van der Waals surface area (Å²) in [6.45, 7) is 0. The average molecular weight is 360 g/mol. The normalized spacial score (nSPS) is 14.4. The zero-order valence-corrected chi connectivity index (χ0v) is 15.0. The molecule has 0 saturated carbocycles. The quantitative estimate of drug-likeness (QED) is 0.661. The first-order chi connectivity index (χ1) is 11.6. The molecule has 0 saturated heterocycles. The Labute approximate surface area is 152 Å². The Kier molecular flexibility index (Phi) is 5.17. The molecule has 0 unspecified atom stereocenters. The summed E-state index contributed by atoms with van der Waals surface area (Å²) in [5, 5.41) is 1.15. The number of benzene rings is 2. The number of methoxy groups -OCH3 is 2. The Hall–Kier alpha value is -1.90. The number of allylic oxidation sites excluding steroid dienone is 4. The van der Waals surface area contributed by atoms with Gasteiger partial charge in [0.2, 0.25) is 0 Å². The van der Waals surface area contributed by atoms with E-state index in [0.29, 0.717) is 10.1 Å². The standard InChI is InChI=1S/C20H17Cl2O2/c1-23-14-6-3-5-13(11-14)18-12-15(24-2)9-10-16(18)17-7-4-8-19(21)20(17)22/h3,5-12H,4H2,1-2H3. The number of halogens is 2. The van der Waals surface area contributed by atoms with E-state index in [1.165, 1.54) is 0 Å². The predicted octanol–water partition coefficient (Wildman–Crippen LogP) is 6.05. The highest BCUT2D eigenvalue weighted by Gasteiger charge is 2.19. The van der Waals surface area contributed by atoms with Crippen molar-refractivity contribution in [3.8, 4) is 22.6 Å². The first-order valence-corrected chi connectivity index (χ1v) is 8.31. The molecule has 0 bridgehead atoms. The van der Waals surface area contributed by atoms with Crippen molar-refractivity contribution in [2.24, 2.45) is 0 Å². The van der Waals surface area contributed by atoms with Crippen LogP contribution >= 0.6 is 23.2 Å². The molecule has 1 aliphatic rings. The van der Waals surface area contributed by atoms with Crippen molar-refractivity contribution < 1.29 is 9.47 Å². The van der Waals surface area contributed by atoms with Crippen molar-refractivity contribution in [3.05, 3.63) is 70.6 Å². The number of hydrogen-bond acceptors (Lipinski definition) is 2. The van der Waals surface area contributed by atoms with Crippen molar-refractivity contribution in [3.63, 3.8) is 0 Å². The summed E-state index contributed by atoms with van der Waals surface area (Å²) in [6, 6.07) is 13.9. The highest BCUT2D eigenvalue weighted by Crippen LogP contribution is 2.41. The molecular weight excluding hydrogens is 343 g/mol. The summed E-state index contributed by atoms with van der Waals surface area (Å²) in [7, 11) is 3.31. The fraction of sp³-hybridized carbons (Fsp3) is 0.150. The molecule has 24 heavy (non-hydrogen) atoms. The first kappa shape index (κ1) is 16.9. The van der Waals surface area contributed by atoms with E-state index in [2.05, 4.69) is 6.42 Å². The van der Waals surface area contributed by atoms with E-state index in [0.717, 1.165) is 40.2 Å². The topological polar surface area (TPSA) is 18.5 Å². The van der Waals surface area contributed by atoms with Gasteiger partial charge in [0.05, 0.1) is 24.3 Å². The average Bonchev–Trinajstić information content (AvgIpc) is 2.63. The van der Waals surface area contributed by atoms with E-state index in [9.17, 15) is 0 Å². The minimum Gasteiger partial charge on any atom is -0.497 e. The minimum absolute atomic E-state index is 0.567. The molecular formula is C20H17Cl2O2. The molecule has 0 amide bonds. The second kappa shape index (κ2) is 7.33. The highest BCUT2D eigenvalue weighted by molar-refractivity contribution is 6.46. The molecule has 3 rings (SSSR count). The maximum atomic E-state index is 6.45. The zero-order chi connectivity index (χ0) is 17.1. The van der Waals surface area contributed by atoms with Crippen molar-refractivity contribution >= 4 is 28.8 Å². The van der Waals surface area contributed by atoms with Gasteiger partial charge in [-0.15, -0.1) is 0 Å². The number of hydrogen-bond donors (Lipinski definition) is 0. The van der Waals surface area contributed by atoms with Crippen LogP contribution in [0, 0.1) is 6.42 Å². The van der Waals surface area contributed by atoms with Crippen LogP contribution in [-0.4, -0.2) is 14.2 Å². The van der Waals surface area contributed by atoms with E-state index in [4.69, 9.17) is 32.7 Å². The summed E-state index contributed by atoms with van der Waals surface area (Å²) in [6.07, 6.45) is 4.75. The number of rotatable bonds is 4. The molecule has 0 N–H and O–H groups in total. The summed E-state index contributed by atoms with van der Waals surface area (Å²) >= 11 is 12.7. The zero-order valence-electron chi connectivity index (χ0n) is 13.5. The fourth-order valence-corrected chi connectivity index (χ4v) is 3.18. The Morgan fingerprint density at radius 2 is 1.62 bits per heavy atom. The van der Waals surface area contributed by atoms with Gasteiger partial charge in [0.1, 0.15) is 11.5 Å². The molecule has 0 aromatic heterocycles. The smallest absolute Gasteiger partial charge is 0.119 e. The Bertz CT molecular complexity index is 822. The van der Waals surface area contributed by atoms with Crippen molar-refractivity contribution in [1.29, 1.82) is 0 Å². The van der Waals surface area contributed by atoms with Gasteiger partial charge in [-0.1, -0.05) is 47.5 Å². The van der Waals surface area contributed by atoms with Gasteiger partial charge in [-0.25, -0.2) is 0 Å². The SMILES string of the molecule is COc1cccc(-c2cc(OC)ccc2C2=C(Cl)C(Cl)=CC[CH]2)c1. The lowest BCUT2D eigenvalue weighted by Gasteiger charge is -2.19. The second-order valence-electron chi connectivity index (χ2n) is 5.36. The van der Waals surface area contributed by atoms with Crippen LogP contribution in [0.1, 0.15) is 12.0 Å². The monoisotopic (exact) mass is 359 g/mol. The summed E-state index contributed by atoms with van der Waals surface area (Å²) in [5.41, 5.74) is 3.99. The van der Waals surface area contributed by atoms with E-state index in [1.54, 1.807) is 14.2 Å². The highest BCUT2D eigenvalue weighted by atomic mass is 35.5. The van der Waals surface area contributed by atoms with Gasteiger partial charge in [-0.3, -0.25) is 0 Å². The summed E-state index contributed by atoms with van der Waals surface area (Å²) < 4.78 is 10.7. The van der Waals surface area contributed by atoms with Crippen molar-refractivity contribution in [2.45, 2.75) is 6.42 Å². The van der Waals surface area contributed by atoms with Gasteiger partial charge in [0.15, 0.2) is 0 Å². The van der Waals surface area contributed by atoms with Gasteiger partial charge in [-0.05, 0) is 59.4 Å². The van der Waals surface area contributed by atoms with Crippen LogP contribution in [0.3, 0.4) is 0 Å². The van der Waals surface area contributed by atoms with Crippen LogP contribution in [0.25, 0.3) is 16.7 Å². The molecule has 4 heteroatoms. The van der Waals surface area contributed by atoms with Crippen molar-refractivity contribution in [1.82, 2.24) is 0 Å². The van der Waals surface area contributed by atoms with Gasteiger partial charge < -0.3 is 9.47 Å². The maximum absolute atomic E-state index is 6.45. The minimum atomic E-state index is 0.567. The van der Waals surface area contributed by atoms with Crippen LogP contribution < -0.4 is 9.47 Å². The van der Waals surface area contributed by atoms with Crippen LogP contribution in [0.15, 0.2) is 58.6 Å². The molecule has 1 radical (unpaired) electrons. The van der Waals surface area contributed by atoms with E-state index in [-0.39, 0.29) is 0 Å². The van der Waals surface area contributed by atoms with Crippen molar-refractivity contribution in [2.75, 3.05) is 14.2 Å². The molecule has 2 aromatic carbocycles. The Morgan fingerprint density at radius 1 is 0.875 bits per heavy atom. The van der Waals surface area contributed by atoms with Crippen LogP contribution in [-0.2, 0) is 0 Å². The lowest BCUT2D eigenvalue weighted by Crippen LogP contribution is -1.98. The number of ether oxygens (including phenoxy) is 2. The van der Waals surface area contributed by atoms with Crippen LogP contribution in [0.5, 0.6) is 11.5 Å². The molecule has 0 spiro atoms. The molecule has 1 aliphatic carbocycles. The fourth-order valence-electron chi connectivity index (χ4n) is 2.73. The Balaban J connectivity index is 2.20. The largest absolute Gasteiger partial charge is 0.497 e. The molecule has 0 fully saturated rings. The third-order valence-electron chi connectivity index (χ3n) is 3.96. The molecule has 0 atom stereocenters. The van der Waals surface area contributed by atoms with Gasteiger partial charge in [0.25, 0.3) is 0 Å². The van der Waals surface area contributed by atoms with Gasteiger partial charge in [-0.2, -0.15) is 0 Å². The van der Waals surface area contributed by atoms with Gasteiger partial charge in [0, 0.05) is 0 Å². The van der Waals surface area contributed by atoms with Crippen LogP contribution in [0.4, 0.5) is 0 Å². The molecule has 2 aromatic rings. The van der Waals surface area contributed by atoms with E-state index in [1.807, 2.05) is 48.5 Å². The predicted molar refractivity (Wildman–Crippen MR) is 101 cm³/mol. The maximum Gasteiger partial charge on any atom is 0.119 e. The van der Waals surface area contributed by atoms with Gasteiger partial charge >= 0.3 is 0 Å².